The van der Waals surface area contributed by atoms with E-state index in [9.17, 15) is 14.9 Å². The Morgan fingerprint density at radius 3 is 3.00 bits per heavy atom. The quantitative estimate of drug-likeness (QED) is 0.400. The fourth-order valence-electron chi connectivity index (χ4n) is 0.718. The zero-order chi connectivity index (χ0) is 9.84. The van der Waals surface area contributed by atoms with Crippen molar-refractivity contribution in [1.29, 1.82) is 0 Å². The second kappa shape index (κ2) is 3.48. The van der Waals surface area contributed by atoms with E-state index in [-0.39, 0.29) is 11.4 Å². The lowest BCUT2D eigenvalue weighted by Gasteiger charge is -1.89. The van der Waals surface area contributed by atoms with Crippen LogP contribution in [0.5, 0.6) is 0 Å². The fourth-order valence-corrected chi connectivity index (χ4v) is 0.718. The maximum absolute atomic E-state index is 10.3. The third-order valence-corrected chi connectivity index (χ3v) is 1.24. The van der Waals surface area contributed by atoms with Gasteiger partial charge in [0.1, 0.15) is 0 Å². The molecule has 0 amide bonds. The Morgan fingerprint density at radius 2 is 2.46 bits per heavy atom. The van der Waals surface area contributed by atoms with Gasteiger partial charge < -0.3 is 15.2 Å². The molecule has 0 aliphatic heterocycles. The lowest BCUT2D eigenvalue weighted by Crippen LogP contribution is -1.91. The van der Waals surface area contributed by atoms with Gasteiger partial charge in [-0.1, -0.05) is 5.10 Å². The molecule has 0 aliphatic rings. The van der Waals surface area contributed by atoms with E-state index in [4.69, 9.17) is 5.11 Å². The summed E-state index contributed by atoms with van der Waals surface area (Å²) < 4.78 is 0. The van der Waals surface area contributed by atoms with Gasteiger partial charge in [0.05, 0.1) is 11.8 Å². The molecule has 1 rings (SSSR count). The monoisotopic (exact) mass is 183 g/mol. The third-order valence-electron chi connectivity index (χ3n) is 1.24. The predicted molar refractivity (Wildman–Crippen MR) is 41.9 cm³/mol. The number of nitrogens with zero attached hydrogens (tertiary/aromatic N) is 2. The van der Waals surface area contributed by atoms with E-state index in [0.29, 0.717) is 0 Å². The van der Waals surface area contributed by atoms with Crippen molar-refractivity contribution in [2.45, 2.75) is 0 Å². The van der Waals surface area contributed by atoms with Crippen LogP contribution in [0.25, 0.3) is 6.08 Å². The molecule has 2 N–H and O–H groups in total. The lowest BCUT2D eigenvalue weighted by atomic mass is 10.3. The molecule has 13 heavy (non-hydrogen) atoms. The van der Waals surface area contributed by atoms with Crippen LogP contribution in [0.2, 0.25) is 0 Å². The predicted octanol–water partition coefficient (Wildman–Crippen LogP) is 0.416. The van der Waals surface area contributed by atoms with Crippen molar-refractivity contribution in [1.82, 2.24) is 10.2 Å². The zero-order valence-corrected chi connectivity index (χ0v) is 6.30. The molecule has 68 valence electrons. The van der Waals surface area contributed by atoms with Gasteiger partial charge in [0.25, 0.3) is 0 Å². The largest absolute Gasteiger partial charge is 0.478 e. The summed E-state index contributed by atoms with van der Waals surface area (Å²) in [6.45, 7) is 0. The maximum atomic E-state index is 10.3. The number of H-pyrrole nitrogens is 1. The van der Waals surface area contributed by atoms with Gasteiger partial charge in [-0.25, -0.2) is 4.79 Å². The Kier molecular flexibility index (Phi) is 2.38. The molecule has 0 saturated carbocycles. The third kappa shape index (κ3) is 2.12. The Labute approximate surface area is 71.8 Å². The first-order valence-corrected chi connectivity index (χ1v) is 3.20. The first-order valence-electron chi connectivity index (χ1n) is 3.20. The van der Waals surface area contributed by atoms with Gasteiger partial charge in [0.2, 0.25) is 0 Å². The topological polar surface area (TPSA) is 109 Å². The first kappa shape index (κ1) is 8.91. The van der Waals surface area contributed by atoms with Crippen LogP contribution < -0.4 is 0 Å². The number of carboxylic acid groups (broad SMARTS) is 1. The molecule has 7 nitrogen and oxygen atoms in total. The van der Waals surface area contributed by atoms with Crippen molar-refractivity contribution in [2.24, 2.45) is 0 Å². The van der Waals surface area contributed by atoms with Crippen LogP contribution in [0.4, 0.5) is 5.82 Å². The molecule has 1 heterocycles. The number of aromatic nitrogens is 2. The van der Waals surface area contributed by atoms with Crippen LogP contribution in [0.15, 0.2) is 12.3 Å². The molecule has 0 unspecified atom stereocenters. The van der Waals surface area contributed by atoms with E-state index in [1.165, 1.54) is 6.20 Å². The summed E-state index contributed by atoms with van der Waals surface area (Å²) in [7, 11) is 0. The van der Waals surface area contributed by atoms with Gasteiger partial charge in [0, 0.05) is 6.08 Å². The van der Waals surface area contributed by atoms with Crippen LogP contribution in [0.1, 0.15) is 5.56 Å². The highest BCUT2D eigenvalue weighted by Gasteiger charge is 2.11. The van der Waals surface area contributed by atoms with Crippen molar-refractivity contribution in [3.8, 4) is 0 Å². The number of hydrogen-bond donors (Lipinski definition) is 2. The van der Waals surface area contributed by atoms with E-state index in [0.717, 1.165) is 12.2 Å². The summed E-state index contributed by atoms with van der Waals surface area (Å²) in [5.74, 6) is -1.49. The fraction of sp³-hybridized carbons (Fsp3) is 0. The van der Waals surface area contributed by atoms with Crippen LogP contribution >= 0.6 is 0 Å². The summed E-state index contributed by atoms with van der Waals surface area (Å²) in [6, 6.07) is 0. The molecule has 1 aromatic heterocycles. The molecular formula is C6H5N3O4. The number of nitrogens with one attached hydrogen (secondary N) is 1. The summed E-state index contributed by atoms with van der Waals surface area (Å²) in [5.41, 5.74) is 0.132. The molecular weight excluding hydrogens is 178 g/mol. The van der Waals surface area contributed by atoms with Crippen LogP contribution in [-0.4, -0.2) is 26.2 Å². The van der Waals surface area contributed by atoms with Crippen LogP contribution in [0.3, 0.4) is 0 Å². The highest BCUT2D eigenvalue weighted by atomic mass is 16.6. The Balaban J connectivity index is 2.95. The number of aliphatic carboxylic acids is 1. The van der Waals surface area contributed by atoms with Gasteiger partial charge in [-0.15, -0.1) is 5.10 Å². The number of carbonyl (C=O) groups is 1. The molecule has 0 atom stereocenters. The summed E-state index contributed by atoms with van der Waals surface area (Å²) in [4.78, 5) is 19.7. The summed E-state index contributed by atoms with van der Waals surface area (Å²) in [5, 5.41) is 24.1. The molecule has 0 aromatic carbocycles. The van der Waals surface area contributed by atoms with Crippen molar-refractivity contribution < 1.29 is 14.8 Å². The van der Waals surface area contributed by atoms with E-state index in [2.05, 4.69) is 10.2 Å². The molecule has 7 heteroatoms. The number of nitro groups is 1. The molecule has 1 aromatic rings. The maximum Gasteiger partial charge on any atom is 0.349 e. The van der Waals surface area contributed by atoms with Crippen molar-refractivity contribution in [3.05, 3.63) is 28.0 Å². The lowest BCUT2D eigenvalue weighted by molar-refractivity contribution is -0.389. The van der Waals surface area contributed by atoms with Crippen molar-refractivity contribution in [2.75, 3.05) is 0 Å². The van der Waals surface area contributed by atoms with Crippen molar-refractivity contribution in [3.63, 3.8) is 0 Å². The van der Waals surface area contributed by atoms with E-state index < -0.39 is 10.9 Å². The van der Waals surface area contributed by atoms with Crippen molar-refractivity contribution >= 4 is 17.9 Å². The average Bonchev–Trinajstić information content (AvgIpc) is 2.47. The highest BCUT2D eigenvalue weighted by molar-refractivity contribution is 5.85. The zero-order valence-electron chi connectivity index (χ0n) is 6.30. The second-order valence-corrected chi connectivity index (χ2v) is 2.10. The molecule has 0 radical (unpaired) electrons. The second-order valence-electron chi connectivity index (χ2n) is 2.10. The number of carboxylic acids is 1. The van der Waals surface area contributed by atoms with Gasteiger partial charge >= 0.3 is 11.8 Å². The van der Waals surface area contributed by atoms with E-state index >= 15 is 0 Å². The standard InChI is InChI=1S/C6H5N3O4/c10-5(11)2-1-4-3-7-8-6(4)9(12)13/h1-3H,(H,7,8)(H,10,11)/b2-1+. The van der Waals surface area contributed by atoms with Gasteiger partial charge in [-0.05, 0) is 11.0 Å². The van der Waals surface area contributed by atoms with Gasteiger partial charge in [-0.3, -0.25) is 0 Å². The van der Waals surface area contributed by atoms with Crippen LogP contribution in [0, 0.1) is 10.1 Å². The normalized spacial score (nSPS) is 10.5. The molecule has 0 spiro atoms. The molecule has 0 fully saturated rings. The number of rotatable bonds is 3. The minimum absolute atomic E-state index is 0.132. The molecule has 0 aliphatic carbocycles. The minimum Gasteiger partial charge on any atom is -0.478 e. The summed E-state index contributed by atoms with van der Waals surface area (Å²) in [6.07, 6.45) is 3.08. The van der Waals surface area contributed by atoms with E-state index in [1.807, 2.05) is 0 Å². The smallest absolute Gasteiger partial charge is 0.349 e. The SMILES string of the molecule is O=C(O)/C=C/c1cn[nH]c1[N+](=O)[O-]. The summed E-state index contributed by atoms with van der Waals surface area (Å²) >= 11 is 0. The van der Waals surface area contributed by atoms with Gasteiger partial charge in [0.15, 0.2) is 0 Å². The highest BCUT2D eigenvalue weighted by Crippen LogP contribution is 2.14. The first-order chi connectivity index (χ1) is 6.11. The molecule has 0 saturated heterocycles. The molecule has 0 bridgehead atoms. The number of hydrogen-bond acceptors (Lipinski definition) is 4. The van der Waals surface area contributed by atoms with Gasteiger partial charge in [-0.2, -0.15) is 0 Å². The Hall–Kier alpha value is -2.18. The van der Waals surface area contributed by atoms with E-state index in [1.54, 1.807) is 0 Å². The minimum atomic E-state index is -1.17. The number of aromatic amines is 1. The Morgan fingerprint density at radius 1 is 1.77 bits per heavy atom. The average molecular weight is 183 g/mol. The van der Waals surface area contributed by atoms with Crippen LogP contribution in [-0.2, 0) is 4.79 Å². The Bertz CT molecular complexity index is 368.